The van der Waals surface area contributed by atoms with Gasteiger partial charge in [0.25, 0.3) is 5.91 Å². The summed E-state index contributed by atoms with van der Waals surface area (Å²) in [7, 11) is 0. The highest BCUT2D eigenvalue weighted by Crippen LogP contribution is 2.44. The van der Waals surface area contributed by atoms with E-state index in [1.54, 1.807) is 29.9 Å². The smallest absolute Gasteiger partial charge is 0.275 e. The van der Waals surface area contributed by atoms with Gasteiger partial charge in [-0.1, -0.05) is 26.7 Å². The number of Topliss-reactive ketones (excluding diaryl/α,β-unsaturated/α-hetero) is 1. The van der Waals surface area contributed by atoms with Gasteiger partial charge in [0.15, 0.2) is 11.4 Å². The first-order valence-electron chi connectivity index (χ1n) is 9.46. The van der Waals surface area contributed by atoms with E-state index in [9.17, 15) is 9.59 Å². The molecule has 0 spiro atoms. The molecule has 0 atom stereocenters. The van der Waals surface area contributed by atoms with Crippen LogP contribution in [0.1, 0.15) is 64.0 Å². The summed E-state index contributed by atoms with van der Waals surface area (Å²) in [5, 5.41) is 7.78. The minimum absolute atomic E-state index is 0.0168. The molecule has 1 amide bonds. The van der Waals surface area contributed by atoms with Crippen molar-refractivity contribution in [3.8, 4) is 0 Å². The molecule has 9 heteroatoms. The summed E-state index contributed by atoms with van der Waals surface area (Å²) >= 11 is 5.53. The van der Waals surface area contributed by atoms with Gasteiger partial charge in [-0.25, -0.2) is 9.50 Å². The third kappa shape index (κ3) is 3.82. The van der Waals surface area contributed by atoms with E-state index in [4.69, 9.17) is 0 Å². The Labute approximate surface area is 178 Å². The van der Waals surface area contributed by atoms with Gasteiger partial charge in [0.05, 0.1) is 11.8 Å². The number of aromatic nitrogens is 3. The fraction of sp³-hybridized carbons (Fsp3) is 0.400. The molecule has 0 fully saturated rings. The fourth-order valence-corrected chi connectivity index (χ4v) is 5.23. The Balaban J connectivity index is 1.67. The Morgan fingerprint density at radius 3 is 2.90 bits per heavy atom. The molecule has 3 aromatic heterocycles. The Hall–Kier alpha value is -2.23. The van der Waals surface area contributed by atoms with Crippen LogP contribution in [-0.2, 0) is 19.4 Å². The minimum Gasteiger partial charge on any atom is -0.312 e. The lowest BCUT2D eigenvalue weighted by Crippen LogP contribution is -2.22. The molecule has 3 aromatic rings. The first-order valence-corrected chi connectivity index (χ1v) is 10.7. The third-order valence-electron chi connectivity index (χ3n) is 5.30. The van der Waals surface area contributed by atoms with Crippen molar-refractivity contribution in [3.05, 3.63) is 45.7 Å². The number of thiophene rings is 1. The van der Waals surface area contributed by atoms with Crippen molar-refractivity contribution in [3.63, 3.8) is 0 Å². The Bertz CT molecular complexity index is 1120. The SMILES string of the molecule is CC(=O)c1c(NC(=O)c2ccn3ncc(CNS)c3n2)sc2c1CC(C)(C)CC2. The van der Waals surface area contributed by atoms with Gasteiger partial charge in [-0.15, -0.1) is 11.3 Å². The lowest BCUT2D eigenvalue weighted by atomic mass is 9.76. The highest BCUT2D eigenvalue weighted by molar-refractivity contribution is 7.78. The van der Waals surface area contributed by atoms with E-state index in [1.165, 1.54) is 16.2 Å². The summed E-state index contributed by atoms with van der Waals surface area (Å²) < 4.78 is 4.39. The fourth-order valence-electron chi connectivity index (χ4n) is 3.80. The number of thiol groups is 1. The molecular weight excluding hydrogens is 406 g/mol. The number of fused-ring (bicyclic) bond motifs is 2. The Morgan fingerprint density at radius 1 is 1.38 bits per heavy atom. The second-order valence-electron chi connectivity index (χ2n) is 8.14. The number of anilines is 1. The predicted molar refractivity (Wildman–Crippen MR) is 117 cm³/mol. The summed E-state index contributed by atoms with van der Waals surface area (Å²) in [6.45, 7) is 6.48. The largest absolute Gasteiger partial charge is 0.312 e. The maximum absolute atomic E-state index is 12.9. The lowest BCUT2D eigenvalue weighted by Gasteiger charge is -2.29. The standard InChI is InChI=1S/C20H23N5O2S2/c1-11(26)16-13-8-20(2,3)6-4-15(13)29-19(16)24-18(27)14-5-7-25-17(23-14)12(9-21-25)10-22-28/h5,7,9,22,28H,4,6,8,10H2,1-3H3,(H,24,27). The summed E-state index contributed by atoms with van der Waals surface area (Å²) in [6.07, 6.45) is 6.25. The Kier molecular flexibility index (Phi) is 5.22. The maximum atomic E-state index is 12.9. The van der Waals surface area contributed by atoms with Crippen LogP contribution in [0, 0.1) is 5.41 Å². The normalized spacial score (nSPS) is 15.3. The molecule has 0 aromatic carbocycles. The van der Waals surface area contributed by atoms with Crippen LogP contribution in [0.4, 0.5) is 5.00 Å². The maximum Gasteiger partial charge on any atom is 0.275 e. The first-order chi connectivity index (χ1) is 13.8. The average molecular weight is 430 g/mol. The highest BCUT2D eigenvalue weighted by atomic mass is 32.1. The van der Waals surface area contributed by atoms with Gasteiger partial charge in [0.2, 0.25) is 0 Å². The molecule has 7 nitrogen and oxygen atoms in total. The first kappa shape index (κ1) is 20.1. The van der Waals surface area contributed by atoms with Gasteiger partial charge in [0, 0.05) is 23.2 Å². The number of rotatable bonds is 5. The molecule has 2 N–H and O–H groups in total. The molecule has 3 heterocycles. The number of nitrogens with zero attached hydrogens (tertiary/aromatic N) is 3. The molecule has 0 bridgehead atoms. The number of amides is 1. The van der Waals surface area contributed by atoms with Crippen LogP contribution in [0.5, 0.6) is 0 Å². The van der Waals surface area contributed by atoms with E-state index in [2.05, 4.69) is 46.8 Å². The van der Waals surface area contributed by atoms with Crippen LogP contribution in [0.3, 0.4) is 0 Å². The van der Waals surface area contributed by atoms with E-state index in [1.807, 2.05) is 0 Å². The molecule has 0 aliphatic heterocycles. The van der Waals surface area contributed by atoms with Crippen molar-refractivity contribution in [1.82, 2.24) is 19.3 Å². The lowest BCUT2D eigenvalue weighted by molar-refractivity contribution is 0.101. The van der Waals surface area contributed by atoms with Crippen LogP contribution < -0.4 is 10.0 Å². The van der Waals surface area contributed by atoms with Crippen molar-refractivity contribution in [1.29, 1.82) is 0 Å². The number of carbonyl (C=O) groups is 2. The summed E-state index contributed by atoms with van der Waals surface area (Å²) in [5.74, 6) is -0.351. The predicted octanol–water partition coefficient (Wildman–Crippen LogP) is 3.70. The summed E-state index contributed by atoms with van der Waals surface area (Å²) in [5.41, 5.74) is 3.61. The number of hydrogen-bond acceptors (Lipinski definition) is 7. The molecule has 0 radical (unpaired) electrons. The van der Waals surface area contributed by atoms with Crippen molar-refractivity contribution >= 4 is 46.5 Å². The van der Waals surface area contributed by atoms with Crippen molar-refractivity contribution in [2.24, 2.45) is 5.41 Å². The van der Waals surface area contributed by atoms with Crippen molar-refractivity contribution in [2.45, 2.75) is 46.6 Å². The monoisotopic (exact) mass is 429 g/mol. The van der Waals surface area contributed by atoms with E-state index in [0.29, 0.717) is 22.8 Å². The molecule has 0 saturated heterocycles. The third-order valence-corrected chi connectivity index (χ3v) is 6.66. The van der Waals surface area contributed by atoms with Crippen LogP contribution >= 0.6 is 24.2 Å². The van der Waals surface area contributed by atoms with Crippen molar-refractivity contribution in [2.75, 3.05) is 5.32 Å². The second-order valence-corrected chi connectivity index (χ2v) is 9.57. The zero-order valence-electron chi connectivity index (χ0n) is 16.6. The van der Waals surface area contributed by atoms with Gasteiger partial charge < -0.3 is 5.32 Å². The van der Waals surface area contributed by atoms with E-state index in [0.717, 1.165) is 30.4 Å². The number of nitrogens with one attached hydrogen (secondary N) is 2. The second kappa shape index (κ2) is 7.55. The topological polar surface area (TPSA) is 88.4 Å². The summed E-state index contributed by atoms with van der Waals surface area (Å²) in [4.78, 5) is 31.0. The average Bonchev–Trinajstić information content (AvgIpc) is 3.21. The molecule has 4 rings (SSSR count). The quantitative estimate of drug-likeness (QED) is 0.425. The molecule has 1 aliphatic carbocycles. The number of hydrogen-bond donors (Lipinski definition) is 3. The van der Waals surface area contributed by atoms with Gasteiger partial charge in [-0.3, -0.25) is 14.3 Å². The van der Waals surface area contributed by atoms with Gasteiger partial charge in [-0.2, -0.15) is 5.10 Å². The zero-order chi connectivity index (χ0) is 20.8. The van der Waals surface area contributed by atoms with E-state index < -0.39 is 0 Å². The molecule has 152 valence electrons. The van der Waals surface area contributed by atoms with Gasteiger partial charge in [-0.05, 0) is 43.2 Å². The number of aryl methyl sites for hydroxylation is 1. The number of ketones is 1. The van der Waals surface area contributed by atoms with E-state index in [-0.39, 0.29) is 22.8 Å². The molecule has 0 unspecified atom stereocenters. The van der Waals surface area contributed by atoms with Crippen LogP contribution in [0.2, 0.25) is 0 Å². The molecule has 0 saturated carbocycles. The van der Waals surface area contributed by atoms with Gasteiger partial charge in [0.1, 0.15) is 10.7 Å². The van der Waals surface area contributed by atoms with Gasteiger partial charge >= 0.3 is 0 Å². The van der Waals surface area contributed by atoms with Crippen LogP contribution in [-0.4, -0.2) is 26.3 Å². The van der Waals surface area contributed by atoms with Crippen LogP contribution in [0.15, 0.2) is 18.5 Å². The molecular formula is C20H23N5O2S2. The molecule has 1 aliphatic rings. The van der Waals surface area contributed by atoms with Crippen LogP contribution in [0.25, 0.3) is 5.65 Å². The minimum atomic E-state index is -0.334. The summed E-state index contributed by atoms with van der Waals surface area (Å²) in [6, 6.07) is 1.62. The van der Waals surface area contributed by atoms with E-state index >= 15 is 0 Å². The molecule has 29 heavy (non-hydrogen) atoms. The number of carbonyl (C=O) groups excluding carboxylic acids is 2. The zero-order valence-corrected chi connectivity index (χ0v) is 18.3. The highest BCUT2D eigenvalue weighted by Gasteiger charge is 2.32. The Morgan fingerprint density at radius 2 is 2.17 bits per heavy atom. The van der Waals surface area contributed by atoms with Crippen molar-refractivity contribution < 1.29 is 9.59 Å².